The summed E-state index contributed by atoms with van der Waals surface area (Å²) in [4.78, 5) is 0. The predicted octanol–water partition coefficient (Wildman–Crippen LogP) is 4.59. The molecule has 0 atom stereocenters. The van der Waals surface area contributed by atoms with Crippen LogP contribution in [0.3, 0.4) is 0 Å². The van der Waals surface area contributed by atoms with E-state index in [9.17, 15) is 0 Å². The molecule has 0 saturated carbocycles. The molecule has 0 heterocycles. The van der Waals surface area contributed by atoms with Crippen LogP contribution in [0.5, 0.6) is 17.2 Å². The van der Waals surface area contributed by atoms with Crippen molar-refractivity contribution in [3.05, 3.63) is 52.0 Å². The van der Waals surface area contributed by atoms with Gasteiger partial charge in [-0.15, -0.1) is 0 Å². The Morgan fingerprint density at radius 2 is 1.68 bits per heavy atom. The maximum atomic E-state index is 5.79. The van der Waals surface area contributed by atoms with Gasteiger partial charge in [-0.25, -0.2) is 0 Å². The van der Waals surface area contributed by atoms with E-state index < -0.39 is 0 Å². The van der Waals surface area contributed by atoms with Gasteiger partial charge in [0.2, 0.25) is 0 Å². The Hall–Kier alpha value is -1.72. The lowest BCUT2D eigenvalue weighted by Gasteiger charge is -2.16. The van der Waals surface area contributed by atoms with Crippen molar-refractivity contribution in [1.82, 2.24) is 5.32 Å². The lowest BCUT2D eigenvalue weighted by Crippen LogP contribution is -2.17. The van der Waals surface area contributed by atoms with Crippen molar-refractivity contribution in [3.8, 4) is 17.2 Å². The molecule has 2 aromatic rings. The van der Waals surface area contributed by atoms with E-state index in [-0.39, 0.29) is 6.10 Å². The van der Waals surface area contributed by atoms with Gasteiger partial charge in [0.15, 0.2) is 11.5 Å². The molecular weight excluding hydrogens is 382 g/mol. The molecule has 2 aromatic carbocycles. The molecule has 0 fully saturated rings. The van der Waals surface area contributed by atoms with Crippen LogP contribution < -0.4 is 19.5 Å². The van der Waals surface area contributed by atoms with Crippen molar-refractivity contribution < 1.29 is 14.2 Å². The van der Waals surface area contributed by atoms with Gasteiger partial charge in [0.25, 0.3) is 0 Å². The third kappa shape index (κ3) is 5.65. The summed E-state index contributed by atoms with van der Waals surface area (Å²) in [5.74, 6) is 2.43. The summed E-state index contributed by atoms with van der Waals surface area (Å²) in [6.07, 6.45) is 1.01. The lowest BCUT2D eigenvalue weighted by molar-refractivity contribution is 0.230. The van der Waals surface area contributed by atoms with Crippen LogP contribution in [0.15, 0.2) is 40.9 Å². The highest BCUT2D eigenvalue weighted by molar-refractivity contribution is 9.10. The molecule has 136 valence electrons. The fourth-order valence-electron chi connectivity index (χ4n) is 2.57. The topological polar surface area (TPSA) is 39.7 Å². The van der Waals surface area contributed by atoms with Gasteiger partial charge in [-0.05, 0) is 56.1 Å². The van der Waals surface area contributed by atoms with Crippen molar-refractivity contribution in [1.29, 1.82) is 0 Å². The smallest absolute Gasteiger partial charge is 0.162 e. The molecule has 5 heteroatoms. The van der Waals surface area contributed by atoms with E-state index in [1.165, 1.54) is 5.56 Å². The van der Waals surface area contributed by atoms with Crippen molar-refractivity contribution in [2.75, 3.05) is 20.8 Å². The highest BCUT2D eigenvalue weighted by Crippen LogP contribution is 2.34. The number of nitrogens with one attached hydrogen (secondary N) is 1. The summed E-state index contributed by atoms with van der Waals surface area (Å²) >= 11 is 3.62. The summed E-state index contributed by atoms with van der Waals surface area (Å²) in [6, 6.07) is 12.1. The Morgan fingerprint density at radius 1 is 0.960 bits per heavy atom. The number of hydrogen-bond donors (Lipinski definition) is 1. The minimum atomic E-state index is 0.102. The molecule has 0 amide bonds. The fourth-order valence-corrected chi connectivity index (χ4v) is 3.04. The van der Waals surface area contributed by atoms with Gasteiger partial charge in [-0.1, -0.05) is 34.1 Å². The van der Waals surface area contributed by atoms with Gasteiger partial charge in [0.1, 0.15) is 5.75 Å². The lowest BCUT2D eigenvalue weighted by atomic mass is 10.1. The second-order valence-electron chi connectivity index (χ2n) is 6.00. The maximum absolute atomic E-state index is 5.79. The molecule has 0 aliphatic heterocycles. The first-order valence-corrected chi connectivity index (χ1v) is 9.20. The predicted molar refractivity (Wildman–Crippen MR) is 105 cm³/mol. The molecule has 0 aliphatic rings. The Kier molecular flexibility index (Phi) is 7.59. The largest absolute Gasteiger partial charge is 0.496 e. The van der Waals surface area contributed by atoms with Crippen LogP contribution >= 0.6 is 15.9 Å². The monoisotopic (exact) mass is 407 g/mol. The Bertz CT molecular complexity index is 689. The van der Waals surface area contributed by atoms with E-state index in [2.05, 4.69) is 27.3 Å². The highest BCUT2D eigenvalue weighted by atomic mass is 79.9. The van der Waals surface area contributed by atoms with Crippen molar-refractivity contribution in [2.24, 2.45) is 0 Å². The second kappa shape index (κ2) is 9.68. The standard InChI is InChI=1S/C20H26BrNO3/c1-14(2)25-20-12-17(21)16(11-19(20)24-4)13-22-10-9-15-7-5-6-8-18(15)23-3/h5-8,11-12,14,22H,9-10,13H2,1-4H3. The zero-order chi connectivity index (χ0) is 18.2. The maximum Gasteiger partial charge on any atom is 0.162 e. The van der Waals surface area contributed by atoms with Gasteiger partial charge in [0.05, 0.1) is 20.3 Å². The third-order valence-corrected chi connectivity index (χ3v) is 4.51. The van der Waals surface area contributed by atoms with E-state index in [1.807, 2.05) is 44.2 Å². The van der Waals surface area contributed by atoms with Crippen LogP contribution in [0.1, 0.15) is 25.0 Å². The van der Waals surface area contributed by atoms with Crippen LogP contribution in [0.2, 0.25) is 0 Å². The molecule has 0 bridgehead atoms. The highest BCUT2D eigenvalue weighted by Gasteiger charge is 2.11. The molecule has 0 radical (unpaired) electrons. The third-order valence-electron chi connectivity index (χ3n) is 3.77. The number of rotatable bonds is 9. The average Bonchev–Trinajstić information content (AvgIpc) is 2.60. The van der Waals surface area contributed by atoms with E-state index in [1.54, 1.807) is 14.2 Å². The normalized spacial score (nSPS) is 10.8. The van der Waals surface area contributed by atoms with Gasteiger partial charge >= 0.3 is 0 Å². The molecule has 4 nitrogen and oxygen atoms in total. The van der Waals surface area contributed by atoms with Crippen LogP contribution in [-0.4, -0.2) is 26.9 Å². The van der Waals surface area contributed by atoms with E-state index in [0.29, 0.717) is 0 Å². The van der Waals surface area contributed by atoms with Crippen molar-refractivity contribution in [3.63, 3.8) is 0 Å². The first-order chi connectivity index (χ1) is 12.0. The minimum absolute atomic E-state index is 0.102. The van der Waals surface area contributed by atoms with Gasteiger partial charge < -0.3 is 19.5 Å². The molecule has 0 aliphatic carbocycles. The van der Waals surface area contributed by atoms with E-state index in [0.717, 1.165) is 46.8 Å². The Morgan fingerprint density at radius 3 is 2.36 bits per heavy atom. The Balaban J connectivity index is 1.96. The average molecular weight is 408 g/mol. The molecule has 0 aromatic heterocycles. The molecule has 0 spiro atoms. The first kappa shape index (κ1) is 19.6. The number of benzene rings is 2. The summed E-state index contributed by atoms with van der Waals surface area (Å²) in [5.41, 5.74) is 2.34. The van der Waals surface area contributed by atoms with Gasteiger partial charge in [-0.3, -0.25) is 0 Å². The number of halogens is 1. The van der Waals surface area contributed by atoms with Crippen molar-refractivity contribution in [2.45, 2.75) is 32.9 Å². The van der Waals surface area contributed by atoms with Crippen LogP contribution in [0, 0.1) is 0 Å². The zero-order valence-corrected chi connectivity index (χ0v) is 16.9. The minimum Gasteiger partial charge on any atom is -0.496 e. The zero-order valence-electron chi connectivity index (χ0n) is 15.3. The SMILES string of the molecule is COc1ccccc1CCNCc1cc(OC)c(OC(C)C)cc1Br. The Labute approximate surface area is 158 Å². The summed E-state index contributed by atoms with van der Waals surface area (Å²) in [6.45, 7) is 5.61. The first-order valence-electron chi connectivity index (χ1n) is 8.40. The van der Waals surface area contributed by atoms with Crippen molar-refractivity contribution >= 4 is 15.9 Å². The molecule has 25 heavy (non-hydrogen) atoms. The molecule has 2 rings (SSSR count). The summed E-state index contributed by atoms with van der Waals surface area (Å²) in [5, 5.41) is 3.47. The van der Waals surface area contributed by atoms with Gasteiger partial charge in [0, 0.05) is 11.0 Å². The number of hydrogen-bond acceptors (Lipinski definition) is 4. The summed E-state index contributed by atoms with van der Waals surface area (Å²) < 4.78 is 17.6. The van der Waals surface area contributed by atoms with Crippen LogP contribution in [-0.2, 0) is 13.0 Å². The quantitative estimate of drug-likeness (QED) is 0.617. The molecular formula is C20H26BrNO3. The molecule has 0 unspecified atom stereocenters. The number of ether oxygens (including phenoxy) is 3. The second-order valence-corrected chi connectivity index (χ2v) is 6.85. The van der Waals surface area contributed by atoms with Gasteiger partial charge in [-0.2, -0.15) is 0 Å². The van der Waals surface area contributed by atoms with E-state index >= 15 is 0 Å². The fraction of sp³-hybridized carbons (Fsp3) is 0.400. The van der Waals surface area contributed by atoms with E-state index in [4.69, 9.17) is 14.2 Å². The molecule has 1 N–H and O–H groups in total. The van der Waals surface area contributed by atoms with Crippen LogP contribution in [0.4, 0.5) is 0 Å². The summed E-state index contributed by atoms with van der Waals surface area (Å²) in [7, 11) is 3.37. The number of methoxy groups -OCH3 is 2. The molecule has 0 saturated heterocycles. The number of para-hydroxylation sites is 1. The van der Waals surface area contributed by atoms with Crippen LogP contribution in [0.25, 0.3) is 0 Å².